The van der Waals surface area contributed by atoms with Crippen molar-refractivity contribution in [1.82, 2.24) is 0 Å². The molecule has 6 aliphatic rings. The minimum Gasteiger partial charge on any atom is -0.632 e. The molecule has 7 atom stereocenters. The molecule has 0 radical (unpaired) electrons. The first-order valence-corrected chi connectivity index (χ1v) is 11.0. The second kappa shape index (κ2) is 5.39. The Morgan fingerprint density at radius 1 is 1.27 bits per heavy atom. The van der Waals surface area contributed by atoms with E-state index >= 15 is 0 Å². The zero-order valence-electron chi connectivity index (χ0n) is 17.3. The quantitative estimate of drug-likeness (QED) is 0.424. The summed E-state index contributed by atoms with van der Waals surface area (Å²) in [7, 11) is 3.26. The summed E-state index contributed by atoms with van der Waals surface area (Å²) < 4.78 is 17.3. The van der Waals surface area contributed by atoms with Crippen LogP contribution in [0.15, 0.2) is 23.8 Å². The Hall–Kier alpha value is -2.09. The van der Waals surface area contributed by atoms with E-state index in [1.807, 2.05) is 17.0 Å². The highest BCUT2D eigenvalue weighted by Crippen LogP contribution is 2.68. The average molecular weight is 410 g/mol. The molecule has 1 aliphatic carbocycles. The van der Waals surface area contributed by atoms with Crippen LogP contribution in [0.3, 0.4) is 0 Å². The molecule has 4 fully saturated rings. The summed E-state index contributed by atoms with van der Waals surface area (Å²) in [5, 5.41) is 14.1. The van der Waals surface area contributed by atoms with E-state index in [1.165, 1.54) is 5.57 Å². The maximum atomic E-state index is 14.1. The lowest BCUT2D eigenvalue weighted by molar-refractivity contribution is -0.896. The van der Waals surface area contributed by atoms with Gasteiger partial charge in [-0.1, -0.05) is 6.08 Å². The molecule has 30 heavy (non-hydrogen) atoms. The Kier molecular flexibility index (Phi) is 3.16. The van der Waals surface area contributed by atoms with Crippen LogP contribution in [-0.4, -0.2) is 62.7 Å². The number of carbonyl (C=O) groups excluding carboxylic acids is 1. The molecule has 2 bridgehead atoms. The van der Waals surface area contributed by atoms with Crippen molar-refractivity contribution in [2.75, 3.05) is 38.8 Å². The van der Waals surface area contributed by atoms with Gasteiger partial charge in [-0.05, 0) is 23.1 Å². The Labute approximate surface area is 175 Å². The third-order valence-corrected chi connectivity index (χ3v) is 9.10. The van der Waals surface area contributed by atoms with Gasteiger partial charge in [0.05, 0.1) is 57.0 Å². The van der Waals surface area contributed by atoms with Gasteiger partial charge in [-0.3, -0.25) is 4.79 Å². The van der Waals surface area contributed by atoms with Gasteiger partial charge in [0, 0.05) is 24.8 Å². The van der Waals surface area contributed by atoms with Gasteiger partial charge in [0.25, 0.3) is 0 Å². The summed E-state index contributed by atoms with van der Waals surface area (Å²) >= 11 is 0. The minimum atomic E-state index is -0.328. The Bertz CT molecular complexity index is 1020. The molecule has 1 aromatic carbocycles. The fourth-order valence-electron chi connectivity index (χ4n) is 8.13. The number of ether oxygens (including phenoxy) is 3. The number of hydrogen-bond acceptors (Lipinski definition) is 5. The summed E-state index contributed by atoms with van der Waals surface area (Å²) in [6.45, 7) is 1.70. The van der Waals surface area contributed by atoms with Gasteiger partial charge in [0.15, 0.2) is 11.5 Å². The van der Waals surface area contributed by atoms with E-state index in [9.17, 15) is 10.0 Å². The predicted molar refractivity (Wildman–Crippen MR) is 108 cm³/mol. The lowest BCUT2D eigenvalue weighted by Gasteiger charge is -2.61. The van der Waals surface area contributed by atoms with E-state index in [0.717, 1.165) is 24.1 Å². The zero-order chi connectivity index (χ0) is 20.4. The third-order valence-electron chi connectivity index (χ3n) is 9.10. The van der Waals surface area contributed by atoms with Crippen molar-refractivity contribution in [3.05, 3.63) is 34.6 Å². The highest BCUT2D eigenvalue weighted by atomic mass is 16.6. The summed E-state index contributed by atoms with van der Waals surface area (Å²) in [6.07, 6.45) is 4.18. The summed E-state index contributed by atoms with van der Waals surface area (Å²) in [6, 6.07) is 3.96. The molecule has 5 aliphatic heterocycles. The molecule has 7 nitrogen and oxygen atoms in total. The predicted octanol–water partition coefficient (Wildman–Crippen LogP) is 2.12. The second-order valence-corrected chi connectivity index (χ2v) is 9.85. The number of anilines is 1. The van der Waals surface area contributed by atoms with Crippen LogP contribution < -0.4 is 14.4 Å². The molecule has 158 valence electrons. The number of quaternary nitrogens is 1. The number of piperidine rings is 2. The first-order valence-electron chi connectivity index (χ1n) is 11.0. The normalized spacial score (nSPS) is 44.4. The molecule has 1 saturated carbocycles. The van der Waals surface area contributed by atoms with Crippen LogP contribution in [0.4, 0.5) is 5.69 Å². The van der Waals surface area contributed by atoms with Gasteiger partial charge in [-0.25, -0.2) is 0 Å². The molecule has 1 spiro atoms. The maximum absolute atomic E-state index is 14.1. The first kappa shape index (κ1) is 17.6. The molecule has 5 heterocycles. The Balaban J connectivity index is 1.54. The SMILES string of the molecule is COc1cc2c(cc1OC)[C@]13CC[N+]4([O-])CC5=CCO[C@@H]6CC(=O)N2[C@H]1[C@@H]6[C@H]5C[C@H]34. The molecule has 1 unspecified atom stereocenters. The molecule has 1 aromatic rings. The largest absolute Gasteiger partial charge is 0.632 e. The van der Waals surface area contributed by atoms with Crippen LogP contribution in [0.1, 0.15) is 24.8 Å². The van der Waals surface area contributed by atoms with Gasteiger partial charge in [0.2, 0.25) is 5.91 Å². The van der Waals surface area contributed by atoms with Crippen LogP contribution in [0, 0.1) is 17.0 Å². The van der Waals surface area contributed by atoms with Crippen molar-refractivity contribution in [2.24, 2.45) is 11.8 Å². The van der Waals surface area contributed by atoms with Crippen LogP contribution in [-0.2, 0) is 14.9 Å². The molecular weight excluding hydrogens is 384 g/mol. The van der Waals surface area contributed by atoms with E-state index in [-0.39, 0.29) is 40.1 Å². The van der Waals surface area contributed by atoms with Crippen molar-refractivity contribution in [2.45, 2.75) is 42.9 Å². The van der Waals surface area contributed by atoms with Crippen molar-refractivity contribution in [3.63, 3.8) is 0 Å². The highest BCUT2D eigenvalue weighted by Gasteiger charge is 2.74. The number of fused-ring (bicyclic) bond motifs is 2. The van der Waals surface area contributed by atoms with E-state index < -0.39 is 0 Å². The standard InChI is InChI=1S/C23H26N2O5/c1-28-16-8-14-15(9-17(16)29-2)24-20(26)10-18-21-13-7-19-23(14,22(21)24)4-5-25(19,27)11-12(13)3-6-30-18/h3,8-9,13,18-19,21-22H,4-7,10-11H2,1-2H3/t13-,18+,19+,21+,22-,23-,25?/m0/s1. The molecule has 0 aromatic heterocycles. The maximum Gasteiger partial charge on any atom is 0.229 e. The van der Waals surface area contributed by atoms with Gasteiger partial charge < -0.3 is 29.0 Å². The molecule has 3 saturated heterocycles. The Morgan fingerprint density at radius 2 is 2.07 bits per heavy atom. The summed E-state index contributed by atoms with van der Waals surface area (Å²) in [4.78, 5) is 15.5. The van der Waals surface area contributed by atoms with Gasteiger partial charge in [0.1, 0.15) is 12.6 Å². The number of hydrogen-bond donors (Lipinski definition) is 0. The first-order chi connectivity index (χ1) is 14.5. The number of benzene rings is 1. The van der Waals surface area contributed by atoms with E-state index in [0.29, 0.717) is 43.5 Å². The van der Waals surface area contributed by atoms with Gasteiger partial charge >= 0.3 is 0 Å². The number of rotatable bonds is 2. The van der Waals surface area contributed by atoms with E-state index in [4.69, 9.17) is 14.2 Å². The molecule has 0 N–H and O–H groups in total. The summed E-state index contributed by atoms with van der Waals surface area (Å²) in [5.41, 5.74) is 2.96. The number of nitrogens with zero attached hydrogens (tertiary/aromatic N) is 2. The minimum absolute atomic E-state index is 0.0185. The van der Waals surface area contributed by atoms with Crippen molar-refractivity contribution < 1.29 is 23.7 Å². The number of amides is 1. The smallest absolute Gasteiger partial charge is 0.229 e. The monoisotopic (exact) mass is 410 g/mol. The number of carbonyl (C=O) groups is 1. The fraction of sp³-hybridized carbons (Fsp3) is 0.609. The average Bonchev–Trinajstić information content (AvgIpc) is 3.15. The van der Waals surface area contributed by atoms with Crippen LogP contribution in [0.2, 0.25) is 0 Å². The summed E-state index contributed by atoms with van der Waals surface area (Å²) in [5.74, 6) is 1.98. The number of methoxy groups -OCH3 is 2. The molecule has 7 rings (SSSR count). The number of hydroxylamine groups is 3. The van der Waals surface area contributed by atoms with Crippen LogP contribution >= 0.6 is 0 Å². The topological polar surface area (TPSA) is 71.1 Å². The lowest BCUT2D eigenvalue weighted by atomic mass is 9.53. The highest BCUT2D eigenvalue weighted by molar-refractivity contribution is 5.99. The van der Waals surface area contributed by atoms with Crippen molar-refractivity contribution >= 4 is 11.6 Å². The van der Waals surface area contributed by atoms with Gasteiger partial charge in [-0.15, -0.1) is 0 Å². The molecule has 7 heteroatoms. The lowest BCUT2D eigenvalue weighted by Crippen LogP contribution is -2.71. The molecule has 1 amide bonds. The zero-order valence-corrected chi connectivity index (χ0v) is 17.3. The third kappa shape index (κ3) is 1.75. The van der Waals surface area contributed by atoms with E-state index in [2.05, 4.69) is 6.08 Å². The van der Waals surface area contributed by atoms with Crippen molar-refractivity contribution in [1.29, 1.82) is 0 Å². The second-order valence-electron chi connectivity index (χ2n) is 9.85. The Morgan fingerprint density at radius 3 is 2.87 bits per heavy atom. The molecular formula is C23H26N2O5. The van der Waals surface area contributed by atoms with Crippen molar-refractivity contribution in [3.8, 4) is 11.5 Å². The van der Waals surface area contributed by atoms with E-state index in [1.54, 1.807) is 14.2 Å². The van der Waals surface area contributed by atoms with Gasteiger partial charge in [-0.2, -0.15) is 0 Å². The fourth-order valence-corrected chi connectivity index (χ4v) is 8.13. The van der Waals surface area contributed by atoms with Crippen LogP contribution in [0.5, 0.6) is 11.5 Å². The van der Waals surface area contributed by atoms with Crippen LogP contribution in [0.25, 0.3) is 0 Å².